The third kappa shape index (κ3) is 3.35. The number of aliphatic hydroxyl groups is 1. The van der Waals surface area contributed by atoms with Gasteiger partial charge < -0.3 is 10.0 Å². The maximum absolute atomic E-state index is 14.8. The largest absolute Gasteiger partial charge is 0.390 e. The van der Waals surface area contributed by atoms with Crippen LogP contribution in [0.2, 0.25) is 0 Å². The van der Waals surface area contributed by atoms with E-state index in [1.54, 1.807) is 6.07 Å². The molecule has 1 heterocycles. The highest BCUT2D eigenvalue weighted by molar-refractivity contribution is 5.97. The summed E-state index contributed by atoms with van der Waals surface area (Å²) in [4.78, 5) is 13.7. The summed E-state index contributed by atoms with van der Waals surface area (Å²) < 4.78 is 56.6. The molecule has 0 fully saturated rings. The number of ketones is 1. The van der Waals surface area contributed by atoms with Gasteiger partial charge in [0.15, 0.2) is 5.78 Å². The van der Waals surface area contributed by atoms with Gasteiger partial charge in [0.25, 0.3) is 5.92 Å². The minimum absolute atomic E-state index is 0.0821. The van der Waals surface area contributed by atoms with Crippen molar-refractivity contribution >= 4 is 5.78 Å². The quantitative estimate of drug-likeness (QED) is 0.790. The van der Waals surface area contributed by atoms with Crippen molar-refractivity contribution < 1.29 is 27.5 Å². The van der Waals surface area contributed by atoms with Gasteiger partial charge in [0, 0.05) is 17.3 Å². The first-order chi connectivity index (χ1) is 12.8. The molecule has 7 heteroatoms. The zero-order valence-electron chi connectivity index (χ0n) is 14.4. The van der Waals surface area contributed by atoms with Crippen LogP contribution in [-0.4, -0.2) is 22.4 Å². The van der Waals surface area contributed by atoms with Crippen molar-refractivity contribution in [2.75, 3.05) is 6.61 Å². The lowest BCUT2D eigenvalue weighted by Crippen LogP contribution is -2.29. The molecule has 1 unspecified atom stereocenters. The normalized spacial score (nSPS) is 18.2. The lowest BCUT2D eigenvalue weighted by molar-refractivity contribution is -0.118. The molecular formula is C20H17F4NO2. The number of hydrogen-bond acceptors (Lipinski definition) is 3. The standard InChI is InChI=1S/C20H17F4NO2/c1-12(13-6-4-7-15(18(13)22)20(23,24)11-26)25-10-9-17(27)19(25)14-5-2-3-8-16(14)21/h2-10,12,19,26H,11H2,1H3/t12-,19?/m1/s1. The molecule has 0 amide bonds. The highest BCUT2D eigenvalue weighted by Gasteiger charge is 2.38. The van der Waals surface area contributed by atoms with Crippen molar-refractivity contribution in [2.45, 2.75) is 24.9 Å². The van der Waals surface area contributed by atoms with Crippen LogP contribution in [0.4, 0.5) is 17.6 Å². The molecule has 142 valence electrons. The van der Waals surface area contributed by atoms with Gasteiger partial charge in [0.2, 0.25) is 0 Å². The number of nitrogens with zero attached hydrogens (tertiary/aromatic N) is 1. The number of carbonyl (C=O) groups excluding carboxylic acids is 1. The number of rotatable bonds is 5. The van der Waals surface area contributed by atoms with Crippen LogP contribution in [0, 0.1) is 11.6 Å². The van der Waals surface area contributed by atoms with E-state index in [-0.39, 0.29) is 16.9 Å². The van der Waals surface area contributed by atoms with Gasteiger partial charge in [0.05, 0.1) is 11.6 Å². The number of carbonyl (C=O) groups is 1. The second-order valence-corrected chi connectivity index (χ2v) is 6.34. The van der Waals surface area contributed by atoms with Crippen molar-refractivity contribution in [3.8, 4) is 0 Å². The molecule has 0 aromatic heterocycles. The summed E-state index contributed by atoms with van der Waals surface area (Å²) in [6, 6.07) is 7.38. The van der Waals surface area contributed by atoms with Gasteiger partial charge in [-0.1, -0.05) is 30.3 Å². The Kier molecular flexibility index (Phi) is 5.06. The molecule has 3 rings (SSSR count). The zero-order valence-corrected chi connectivity index (χ0v) is 14.4. The van der Waals surface area contributed by atoms with Crippen LogP contribution in [0.1, 0.15) is 35.7 Å². The van der Waals surface area contributed by atoms with Gasteiger partial charge in [-0.15, -0.1) is 0 Å². The maximum Gasteiger partial charge on any atom is 0.298 e. The third-order valence-electron chi connectivity index (χ3n) is 4.70. The van der Waals surface area contributed by atoms with Gasteiger partial charge in [-0.2, -0.15) is 8.78 Å². The fourth-order valence-electron chi connectivity index (χ4n) is 3.25. The van der Waals surface area contributed by atoms with E-state index in [4.69, 9.17) is 5.11 Å². The molecule has 0 aliphatic carbocycles. The topological polar surface area (TPSA) is 40.5 Å². The predicted molar refractivity (Wildman–Crippen MR) is 90.9 cm³/mol. The van der Waals surface area contributed by atoms with Gasteiger partial charge in [-0.05, 0) is 25.1 Å². The fourth-order valence-corrected chi connectivity index (χ4v) is 3.25. The van der Waals surface area contributed by atoms with Crippen LogP contribution >= 0.6 is 0 Å². The maximum atomic E-state index is 14.8. The van der Waals surface area contributed by atoms with E-state index < -0.39 is 41.8 Å². The molecule has 1 N–H and O–H groups in total. The second-order valence-electron chi connectivity index (χ2n) is 6.34. The molecule has 0 saturated carbocycles. The summed E-state index contributed by atoms with van der Waals surface area (Å²) in [5.74, 6) is -5.87. The number of halogens is 4. The second kappa shape index (κ2) is 7.15. The molecule has 0 spiro atoms. The zero-order chi connectivity index (χ0) is 19.8. The molecule has 0 saturated heterocycles. The molecule has 2 aromatic carbocycles. The highest BCUT2D eigenvalue weighted by Crippen LogP contribution is 2.39. The third-order valence-corrected chi connectivity index (χ3v) is 4.70. The van der Waals surface area contributed by atoms with E-state index in [9.17, 15) is 22.4 Å². The highest BCUT2D eigenvalue weighted by atomic mass is 19.3. The molecule has 2 atom stereocenters. The summed E-state index contributed by atoms with van der Waals surface area (Å²) in [7, 11) is 0. The minimum atomic E-state index is -3.73. The minimum Gasteiger partial charge on any atom is -0.390 e. The first-order valence-corrected chi connectivity index (χ1v) is 8.29. The molecule has 27 heavy (non-hydrogen) atoms. The Balaban J connectivity index is 2.02. The Morgan fingerprint density at radius 3 is 2.52 bits per heavy atom. The lowest BCUT2D eigenvalue weighted by atomic mass is 9.97. The van der Waals surface area contributed by atoms with Crippen molar-refractivity contribution in [2.24, 2.45) is 0 Å². The Morgan fingerprint density at radius 1 is 1.15 bits per heavy atom. The van der Waals surface area contributed by atoms with Crippen LogP contribution in [0.5, 0.6) is 0 Å². The Morgan fingerprint density at radius 2 is 1.85 bits per heavy atom. The Bertz CT molecular complexity index is 897. The van der Waals surface area contributed by atoms with Crippen LogP contribution < -0.4 is 0 Å². The summed E-state index contributed by atoms with van der Waals surface area (Å²) >= 11 is 0. The molecule has 0 radical (unpaired) electrons. The fraction of sp³-hybridized carbons (Fsp3) is 0.250. The van der Waals surface area contributed by atoms with E-state index in [1.807, 2.05) is 0 Å². The first kappa shape index (κ1) is 19.1. The van der Waals surface area contributed by atoms with Gasteiger partial charge in [-0.3, -0.25) is 4.79 Å². The van der Waals surface area contributed by atoms with Crippen molar-refractivity contribution in [1.29, 1.82) is 0 Å². The van der Waals surface area contributed by atoms with E-state index >= 15 is 0 Å². The van der Waals surface area contributed by atoms with Gasteiger partial charge in [0.1, 0.15) is 24.3 Å². The van der Waals surface area contributed by atoms with E-state index in [0.717, 1.165) is 6.07 Å². The van der Waals surface area contributed by atoms with E-state index in [0.29, 0.717) is 0 Å². The smallest absolute Gasteiger partial charge is 0.298 e. The lowest BCUT2D eigenvalue weighted by Gasteiger charge is -2.32. The Labute approximate surface area is 153 Å². The summed E-state index contributed by atoms with van der Waals surface area (Å²) in [6.45, 7) is 0.0117. The van der Waals surface area contributed by atoms with E-state index in [1.165, 1.54) is 54.4 Å². The number of benzene rings is 2. The Hall–Kier alpha value is -2.67. The van der Waals surface area contributed by atoms with Gasteiger partial charge >= 0.3 is 0 Å². The molecule has 1 aliphatic rings. The summed E-state index contributed by atoms with van der Waals surface area (Å²) in [5, 5.41) is 8.84. The SMILES string of the molecule is C[C@H](c1cccc(C(F)(F)CO)c1F)N1C=CC(=O)C1c1ccccc1F. The monoisotopic (exact) mass is 379 g/mol. The number of hydrogen-bond donors (Lipinski definition) is 1. The van der Waals surface area contributed by atoms with E-state index in [2.05, 4.69) is 0 Å². The molecule has 3 nitrogen and oxygen atoms in total. The van der Waals surface area contributed by atoms with Crippen LogP contribution in [0.25, 0.3) is 0 Å². The van der Waals surface area contributed by atoms with Crippen LogP contribution in [0.3, 0.4) is 0 Å². The molecular weight excluding hydrogens is 362 g/mol. The molecule has 1 aliphatic heterocycles. The molecule has 0 bridgehead atoms. The molecule has 2 aromatic rings. The average molecular weight is 379 g/mol. The van der Waals surface area contributed by atoms with Crippen molar-refractivity contribution in [1.82, 2.24) is 4.90 Å². The summed E-state index contributed by atoms with van der Waals surface area (Å²) in [6.07, 6.45) is 2.65. The average Bonchev–Trinajstić information content (AvgIpc) is 3.03. The van der Waals surface area contributed by atoms with Crippen LogP contribution in [0.15, 0.2) is 54.7 Å². The van der Waals surface area contributed by atoms with Crippen LogP contribution in [-0.2, 0) is 10.7 Å². The van der Waals surface area contributed by atoms with Gasteiger partial charge in [-0.25, -0.2) is 8.78 Å². The predicted octanol–water partition coefficient (Wildman–Crippen LogP) is 4.25. The summed E-state index contributed by atoms with van der Waals surface area (Å²) in [5.41, 5.74) is -0.885. The number of alkyl halides is 2. The van der Waals surface area contributed by atoms with Crippen molar-refractivity contribution in [3.05, 3.63) is 83.1 Å². The number of aliphatic hydroxyl groups excluding tert-OH is 1. The van der Waals surface area contributed by atoms with Crippen molar-refractivity contribution in [3.63, 3.8) is 0 Å². The first-order valence-electron chi connectivity index (χ1n) is 8.29.